The van der Waals surface area contributed by atoms with Crippen molar-refractivity contribution >= 4 is 23.3 Å². The van der Waals surface area contributed by atoms with Gasteiger partial charge in [-0.05, 0) is 50.5 Å². The van der Waals surface area contributed by atoms with Crippen molar-refractivity contribution in [2.24, 2.45) is 0 Å². The highest BCUT2D eigenvalue weighted by molar-refractivity contribution is 6.30. The van der Waals surface area contributed by atoms with Gasteiger partial charge in [0.15, 0.2) is 0 Å². The summed E-state index contributed by atoms with van der Waals surface area (Å²) in [4.78, 5) is 20.9. The third-order valence-corrected chi connectivity index (χ3v) is 4.37. The molecule has 0 fully saturated rings. The van der Waals surface area contributed by atoms with Gasteiger partial charge in [-0.15, -0.1) is 0 Å². The molecule has 1 amide bonds. The van der Waals surface area contributed by atoms with E-state index in [1.807, 2.05) is 45.0 Å². The minimum Gasteiger partial charge on any atom is -0.352 e. The van der Waals surface area contributed by atoms with Crippen LogP contribution in [0.15, 0.2) is 24.3 Å². The Balaban J connectivity index is 1.65. The number of nitrogens with zero attached hydrogens (tertiary/aromatic N) is 4. The number of carbonyl (C=O) groups is 1. The maximum atomic E-state index is 12.2. The van der Waals surface area contributed by atoms with Crippen molar-refractivity contribution in [3.8, 4) is 0 Å². The van der Waals surface area contributed by atoms with Crippen LogP contribution in [0.5, 0.6) is 0 Å². The summed E-state index contributed by atoms with van der Waals surface area (Å²) in [5, 5.41) is 7.95. The first-order valence-corrected chi connectivity index (χ1v) is 8.52. The first-order valence-electron chi connectivity index (χ1n) is 8.14. The molecule has 130 valence electrons. The van der Waals surface area contributed by atoms with Gasteiger partial charge in [0, 0.05) is 29.4 Å². The molecule has 3 rings (SSSR count). The van der Waals surface area contributed by atoms with Crippen molar-refractivity contribution < 1.29 is 4.79 Å². The van der Waals surface area contributed by atoms with Gasteiger partial charge >= 0.3 is 0 Å². The number of rotatable bonds is 5. The molecular weight excluding hydrogens is 338 g/mol. The molecule has 0 aliphatic heterocycles. The van der Waals surface area contributed by atoms with Crippen LogP contribution < -0.4 is 5.32 Å². The lowest BCUT2D eigenvalue weighted by Gasteiger charge is -2.10. The van der Waals surface area contributed by atoms with Crippen LogP contribution in [-0.2, 0) is 17.8 Å². The Morgan fingerprint density at radius 3 is 2.80 bits per heavy atom. The second-order valence-corrected chi connectivity index (χ2v) is 6.48. The second-order valence-electron chi connectivity index (χ2n) is 6.04. The summed E-state index contributed by atoms with van der Waals surface area (Å²) in [6.45, 7) is 6.23. The third kappa shape index (κ3) is 3.96. The average Bonchev–Trinajstić information content (AvgIpc) is 2.93. The Labute approximate surface area is 151 Å². The number of fused-ring (bicyclic) bond motifs is 1. The molecule has 0 spiro atoms. The SMILES string of the molecule is Cc1nc2nc(C)c(CCC(=O)NCc3cccc(Cl)c3)c(C)n2n1. The summed E-state index contributed by atoms with van der Waals surface area (Å²) in [6.07, 6.45) is 1.00. The van der Waals surface area contributed by atoms with Crippen LogP contribution in [-0.4, -0.2) is 25.5 Å². The molecule has 2 aromatic heterocycles. The zero-order valence-electron chi connectivity index (χ0n) is 14.5. The van der Waals surface area contributed by atoms with E-state index in [1.165, 1.54) is 0 Å². The largest absolute Gasteiger partial charge is 0.352 e. The molecule has 25 heavy (non-hydrogen) atoms. The van der Waals surface area contributed by atoms with E-state index >= 15 is 0 Å². The lowest BCUT2D eigenvalue weighted by molar-refractivity contribution is -0.121. The highest BCUT2D eigenvalue weighted by Gasteiger charge is 2.13. The number of halogens is 1. The Bertz CT molecular complexity index is 935. The van der Waals surface area contributed by atoms with Crippen molar-refractivity contribution in [3.05, 3.63) is 57.6 Å². The molecule has 0 aliphatic rings. The molecule has 0 bridgehead atoms. The molecule has 0 saturated heterocycles. The molecule has 0 radical (unpaired) electrons. The van der Waals surface area contributed by atoms with E-state index in [4.69, 9.17) is 11.6 Å². The second kappa shape index (κ2) is 7.19. The zero-order chi connectivity index (χ0) is 18.0. The normalized spacial score (nSPS) is 11.0. The van der Waals surface area contributed by atoms with Crippen molar-refractivity contribution in [1.29, 1.82) is 0 Å². The average molecular weight is 358 g/mol. The van der Waals surface area contributed by atoms with Gasteiger partial charge < -0.3 is 5.32 Å². The highest BCUT2D eigenvalue weighted by atomic mass is 35.5. The van der Waals surface area contributed by atoms with E-state index in [2.05, 4.69) is 20.4 Å². The molecule has 1 aromatic carbocycles. The molecule has 0 unspecified atom stereocenters. The van der Waals surface area contributed by atoms with E-state index in [0.29, 0.717) is 36.0 Å². The molecule has 6 nitrogen and oxygen atoms in total. The van der Waals surface area contributed by atoms with Crippen LogP contribution >= 0.6 is 11.6 Å². The summed E-state index contributed by atoms with van der Waals surface area (Å²) in [5.41, 5.74) is 3.88. The van der Waals surface area contributed by atoms with Gasteiger partial charge in [0.1, 0.15) is 5.82 Å². The topological polar surface area (TPSA) is 72.2 Å². The van der Waals surface area contributed by atoms with Gasteiger partial charge in [-0.25, -0.2) is 9.50 Å². The van der Waals surface area contributed by atoms with Gasteiger partial charge in [0.05, 0.1) is 0 Å². The highest BCUT2D eigenvalue weighted by Crippen LogP contribution is 2.16. The van der Waals surface area contributed by atoms with Crippen LogP contribution in [0, 0.1) is 20.8 Å². The smallest absolute Gasteiger partial charge is 0.252 e. The Kier molecular flexibility index (Phi) is 4.99. The molecule has 2 heterocycles. The summed E-state index contributed by atoms with van der Waals surface area (Å²) in [6, 6.07) is 7.47. The van der Waals surface area contributed by atoms with Crippen LogP contribution in [0.2, 0.25) is 5.02 Å². The molecule has 1 N–H and O–H groups in total. The fourth-order valence-electron chi connectivity index (χ4n) is 2.84. The summed E-state index contributed by atoms with van der Waals surface area (Å²) in [5.74, 6) is 1.28. The number of benzene rings is 1. The number of aromatic nitrogens is 4. The monoisotopic (exact) mass is 357 g/mol. The van der Waals surface area contributed by atoms with E-state index < -0.39 is 0 Å². The van der Waals surface area contributed by atoms with Gasteiger partial charge in [-0.3, -0.25) is 4.79 Å². The van der Waals surface area contributed by atoms with Crippen LogP contribution in [0.1, 0.15) is 34.8 Å². The Morgan fingerprint density at radius 1 is 1.24 bits per heavy atom. The van der Waals surface area contributed by atoms with Crippen molar-refractivity contribution in [2.45, 2.75) is 40.2 Å². The predicted octanol–water partition coefficient (Wildman–Crippen LogP) is 2.95. The standard InChI is InChI=1S/C18H20ClN5O/c1-11-16(12(2)24-18(21-11)22-13(3)23-24)7-8-17(25)20-10-14-5-4-6-15(19)9-14/h4-6,9H,7-8,10H2,1-3H3,(H,20,25). The van der Waals surface area contributed by atoms with E-state index in [0.717, 1.165) is 22.5 Å². The first kappa shape index (κ1) is 17.4. The molecular formula is C18H20ClN5O. The number of hydrogen-bond acceptors (Lipinski definition) is 4. The third-order valence-electron chi connectivity index (χ3n) is 4.14. The fourth-order valence-corrected chi connectivity index (χ4v) is 3.06. The Hall–Kier alpha value is -2.47. The Morgan fingerprint density at radius 2 is 2.04 bits per heavy atom. The van der Waals surface area contributed by atoms with E-state index in [1.54, 1.807) is 4.52 Å². The fraction of sp³-hybridized carbons (Fsp3) is 0.333. The molecule has 0 saturated carbocycles. The maximum Gasteiger partial charge on any atom is 0.252 e. The molecule has 0 atom stereocenters. The van der Waals surface area contributed by atoms with Crippen LogP contribution in [0.25, 0.3) is 5.78 Å². The van der Waals surface area contributed by atoms with Crippen LogP contribution in [0.3, 0.4) is 0 Å². The number of amides is 1. The van der Waals surface area contributed by atoms with Crippen LogP contribution in [0.4, 0.5) is 0 Å². The number of hydrogen-bond donors (Lipinski definition) is 1. The number of carbonyl (C=O) groups excluding carboxylic acids is 1. The van der Waals surface area contributed by atoms with Crippen molar-refractivity contribution in [2.75, 3.05) is 0 Å². The summed E-state index contributed by atoms with van der Waals surface area (Å²) < 4.78 is 1.74. The summed E-state index contributed by atoms with van der Waals surface area (Å²) >= 11 is 5.95. The number of aryl methyl sites for hydroxylation is 3. The van der Waals surface area contributed by atoms with Gasteiger partial charge in [-0.1, -0.05) is 23.7 Å². The van der Waals surface area contributed by atoms with Crippen molar-refractivity contribution in [1.82, 2.24) is 24.9 Å². The minimum absolute atomic E-state index is 0.00589. The first-order chi connectivity index (χ1) is 11.9. The predicted molar refractivity (Wildman–Crippen MR) is 96.6 cm³/mol. The van der Waals surface area contributed by atoms with Gasteiger partial charge in [0.25, 0.3) is 5.78 Å². The lowest BCUT2D eigenvalue weighted by atomic mass is 10.1. The van der Waals surface area contributed by atoms with Gasteiger partial charge in [0.2, 0.25) is 5.91 Å². The number of nitrogens with one attached hydrogen (secondary N) is 1. The maximum absolute atomic E-state index is 12.2. The van der Waals surface area contributed by atoms with Crippen molar-refractivity contribution in [3.63, 3.8) is 0 Å². The molecule has 7 heteroatoms. The van der Waals surface area contributed by atoms with E-state index in [-0.39, 0.29) is 5.91 Å². The summed E-state index contributed by atoms with van der Waals surface area (Å²) in [7, 11) is 0. The van der Waals surface area contributed by atoms with E-state index in [9.17, 15) is 4.79 Å². The van der Waals surface area contributed by atoms with Gasteiger partial charge in [-0.2, -0.15) is 10.1 Å². The lowest BCUT2D eigenvalue weighted by Crippen LogP contribution is -2.23. The molecule has 0 aliphatic carbocycles. The molecule has 3 aromatic rings. The quantitative estimate of drug-likeness (QED) is 0.762. The minimum atomic E-state index is -0.00589. The zero-order valence-corrected chi connectivity index (χ0v) is 15.3.